The van der Waals surface area contributed by atoms with Crippen LogP contribution in [0.3, 0.4) is 0 Å². The predicted molar refractivity (Wildman–Crippen MR) is 61.4 cm³/mol. The van der Waals surface area contributed by atoms with Gasteiger partial charge in [0.2, 0.25) is 0 Å². The van der Waals surface area contributed by atoms with Crippen molar-refractivity contribution < 1.29 is 4.79 Å². The van der Waals surface area contributed by atoms with Crippen LogP contribution in [0.25, 0.3) is 0 Å². The summed E-state index contributed by atoms with van der Waals surface area (Å²) in [5.74, 6) is -0.412. The lowest BCUT2D eigenvalue weighted by atomic mass is 10.1. The van der Waals surface area contributed by atoms with Gasteiger partial charge in [-0.3, -0.25) is 4.79 Å². The number of nitriles is 1. The molecule has 12 heavy (non-hydrogen) atoms. The van der Waals surface area contributed by atoms with E-state index in [1.54, 1.807) is 0 Å². The number of nitrogens with zero attached hydrogens (tertiary/aromatic N) is 1. The van der Waals surface area contributed by atoms with Gasteiger partial charge in [0.15, 0.2) is 0 Å². The zero-order valence-corrected chi connectivity index (χ0v) is 10.7. The average Bonchev–Trinajstić information content (AvgIpc) is 2.13. The standard InChI is InChI=1S/C6H9NO.C2H6.CH3I/c1-3-6(4-7)5(2)8;2*1-2/h6H,3H2,1-2H3;1-2H3;1H3. The lowest BCUT2D eigenvalue weighted by Crippen LogP contribution is -2.05. The van der Waals surface area contributed by atoms with Crippen molar-refractivity contribution in [3.05, 3.63) is 0 Å². The molecular weight excluding hydrogens is 265 g/mol. The number of alkyl halides is 1. The fraction of sp³-hybridized carbons (Fsp3) is 0.778. The maximum atomic E-state index is 10.4. The number of hydrogen-bond acceptors (Lipinski definition) is 2. The fourth-order valence-electron chi connectivity index (χ4n) is 0.470. The maximum Gasteiger partial charge on any atom is 0.146 e. The van der Waals surface area contributed by atoms with Gasteiger partial charge < -0.3 is 0 Å². The Kier molecular flexibility index (Phi) is 25.4. The molecule has 2 nitrogen and oxygen atoms in total. The third-order valence-electron chi connectivity index (χ3n) is 1.05. The van der Waals surface area contributed by atoms with Crippen LogP contribution in [0, 0.1) is 17.2 Å². The zero-order valence-electron chi connectivity index (χ0n) is 8.52. The summed E-state index contributed by atoms with van der Waals surface area (Å²) in [7, 11) is 0. The molecular formula is C9H18INO. The normalized spacial score (nSPS) is 9.08. The minimum atomic E-state index is -0.380. The van der Waals surface area contributed by atoms with Crippen LogP contribution in [-0.4, -0.2) is 10.7 Å². The van der Waals surface area contributed by atoms with Crippen molar-refractivity contribution in [1.82, 2.24) is 0 Å². The summed E-state index contributed by atoms with van der Waals surface area (Å²) in [4.78, 5) is 12.4. The summed E-state index contributed by atoms with van der Waals surface area (Å²) in [5.41, 5.74) is 0. The summed E-state index contributed by atoms with van der Waals surface area (Å²) >= 11 is 2.15. The van der Waals surface area contributed by atoms with Crippen LogP contribution in [0.2, 0.25) is 0 Å². The molecule has 0 aliphatic rings. The number of carbonyl (C=O) groups excluding carboxylic acids is 1. The molecule has 0 aromatic carbocycles. The van der Waals surface area contributed by atoms with E-state index < -0.39 is 0 Å². The molecule has 0 amide bonds. The molecule has 72 valence electrons. The molecule has 0 radical (unpaired) electrons. The molecule has 0 aliphatic carbocycles. The molecule has 0 aliphatic heterocycles. The Morgan fingerprint density at radius 3 is 1.83 bits per heavy atom. The number of carbonyl (C=O) groups is 1. The second kappa shape index (κ2) is 17.1. The molecule has 0 N–H and O–H groups in total. The lowest BCUT2D eigenvalue weighted by Gasteiger charge is -1.95. The highest BCUT2D eigenvalue weighted by Crippen LogP contribution is 1.99. The number of rotatable bonds is 2. The number of Topliss-reactive ketones (excluding diaryl/α,β-unsaturated/α-hetero) is 1. The highest BCUT2D eigenvalue weighted by Gasteiger charge is 2.07. The predicted octanol–water partition coefficient (Wildman–Crippen LogP) is 3.20. The first-order valence-electron chi connectivity index (χ1n) is 4.00. The Morgan fingerprint density at radius 1 is 1.50 bits per heavy atom. The smallest absolute Gasteiger partial charge is 0.146 e. The highest BCUT2D eigenvalue weighted by molar-refractivity contribution is 14.1. The van der Waals surface area contributed by atoms with Crippen molar-refractivity contribution in [3.63, 3.8) is 0 Å². The van der Waals surface area contributed by atoms with Crippen molar-refractivity contribution in [3.8, 4) is 6.07 Å². The molecule has 0 bridgehead atoms. The van der Waals surface area contributed by atoms with E-state index in [0.29, 0.717) is 6.42 Å². The monoisotopic (exact) mass is 283 g/mol. The van der Waals surface area contributed by atoms with Gasteiger partial charge in [0.1, 0.15) is 11.7 Å². The van der Waals surface area contributed by atoms with Crippen LogP contribution >= 0.6 is 22.6 Å². The van der Waals surface area contributed by atoms with Crippen LogP contribution in [0.5, 0.6) is 0 Å². The molecule has 0 aromatic rings. The van der Waals surface area contributed by atoms with Gasteiger partial charge in [-0.25, -0.2) is 0 Å². The fourth-order valence-corrected chi connectivity index (χ4v) is 0.470. The molecule has 0 rings (SSSR count). The first-order valence-corrected chi connectivity index (χ1v) is 6.16. The topological polar surface area (TPSA) is 40.9 Å². The highest BCUT2D eigenvalue weighted by atomic mass is 127. The van der Waals surface area contributed by atoms with Crippen LogP contribution in [0.4, 0.5) is 0 Å². The maximum absolute atomic E-state index is 10.4. The Labute approximate surface area is 89.5 Å². The molecule has 3 heteroatoms. The summed E-state index contributed by atoms with van der Waals surface area (Å²) < 4.78 is 0. The Balaban J connectivity index is -0.000000175. The molecule has 0 spiro atoms. The summed E-state index contributed by atoms with van der Waals surface area (Å²) in [6.07, 6.45) is 0.631. The second-order valence-corrected chi connectivity index (χ2v) is 1.70. The molecule has 1 atom stereocenters. The molecule has 0 saturated carbocycles. The molecule has 0 saturated heterocycles. The Hall–Kier alpha value is -0.110. The lowest BCUT2D eigenvalue weighted by molar-refractivity contribution is -0.119. The second-order valence-electron chi connectivity index (χ2n) is 1.70. The van der Waals surface area contributed by atoms with Gasteiger partial charge >= 0.3 is 0 Å². The molecule has 0 aromatic heterocycles. The van der Waals surface area contributed by atoms with Gasteiger partial charge in [-0.1, -0.05) is 43.4 Å². The number of hydrogen-bond donors (Lipinski definition) is 0. The van der Waals surface area contributed by atoms with Gasteiger partial charge in [-0.05, 0) is 18.3 Å². The van der Waals surface area contributed by atoms with Crippen molar-refractivity contribution >= 4 is 28.4 Å². The molecule has 0 fully saturated rings. The summed E-state index contributed by atoms with van der Waals surface area (Å²) in [6, 6.07) is 1.90. The van der Waals surface area contributed by atoms with Crippen molar-refractivity contribution in [2.75, 3.05) is 4.93 Å². The Morgan fingerprint density at radius 2 is 1.83 bits per heavy atom. The zero-order chi connectivity index (χ0) is 10.6. The van der Waals surface area contributed by atoms with E-state index in [-0.39, 0.29) is 11.7 Å². The van der Waals surface area contributed by atoms with E-state index in [1.165, 1.54) is 6.92 Å². The van der Waals surface area contributed by atoms with E-state index >= 15 is 0 Å². The average molecular weight is 283 g/mol. The first kappa shape index (κ1) is 17.8. The van der Waals surface area contributed by atoms with Gasteiger partial charge in [0.25, 0.3) is 0 Å². The summed E-state index contributed by atoms with van der Waals surface area (Å²) in [6.45, 7) is 7.27. The Bertz CT molecular complexity index is 129. The van der Waals surface area contributed by atoms with Crippen LogP contribution < -0.4 is 0 Å². The third-order valence-corrected chi connectivity index (χ3v) is 1.05. The van der Waals surface area contributed by atoms with Gasteiger partial charge in [0.05, 0.1) is 6.07 Å². The van der Waals surface area contributed by atoms with Crippen LogP contribution in [-0.2, 0) is 4.79 Å². The number of ketones is 1. The van der Waals surface area contributed by atoms with E-state index in [9.17, 15) is 4.79 Å². The number of halogens is 1. The summed E-state index contributed by atoms with van der Waals surface area (Å²) in [5, 5.41) is 8.23. The van der Waals surface area contributed by atoms with E-state index in [4.69, 9.17) is 5.26 Å². The van der Waals surface area contributed by atoms with Crippen molar-refractivity contribution in [1.29, 1.82) is 5.26 Å². The van der Waals surface area contributed by atoms with E-state index in [0.717, 1.165) is 0 Å². The third kappa shape index (κ3) is 12.6. The largest absolute Gasteiger partial charge is 0.299 e. The minimum absolute atomic E-state index is 0.0324. The van der Waals surface area contributed by atoms with Crippen LogP contribution in [0.1, 0.15) is 34.1 Å². The van der Waals surface area contributed by atoms with Gasteiger partial charge in [-0.15, -0.1) is 0 Å². The van der Waals surface area contributed by atoms with Crippen LogP contribution in [0.15, 0.2) is 0 Å². The quantitative estimate of drug-likeness (QED) is 0.576. The van der Waals surface area contributed by atoms with Crippen molar-refractivity contribution in [2.24, 2.45) is 5.92 Å². The first-order chi connectivity index (χ1) is 5.72. The van der Waals surface area contributed by atoms with E-state index in [1.807, 2.05) is 31.8 Å². The van der Waals surface area contributed by atoms with Gasteiger partial charge in [0, 0.05) is 0 Å². The molecule has 1 unspecified atom stereocenters. The SMILES string of the molecule is CC.CCC(C#N)C(C)=O.CI. The van der Waals surface area contributed by atoms with Crippen molar-refractivity contribution in [2.45, 2.75) is 34.1 Å². The van der Waals surface area contributed by atoms with Gasteiger partial charge in [-0.2, -0.15) is 5.26 Å². The minimum Gasteiger partial charge on any atom is -0.299 e. The molecule has 0 heterocycles. The van der Waals surface area contributed by atoms with E-state index in [2.05, 4.69) is 22.6 Å².